The lowest BCUT2D eigenvalue weighted by Gasteiger charge is -2.13. The van der Waals surface area contributed by atoms with Crippen molar-refractivity contribution in [2.75, 3.05) is 0 Å². The van der Waals surface area contributed by atoms with Gasteiger partial charge in [0.05, 0.1) is 0 Å². The molecule has 0 aliphatic carbocycles. The Balaban J connectivity index is 2.86. The molecule has 0 radical (unpaired) electrons. The molecule has 0 bridgehead atoms. The molecule has 17 heavy (non-hydrogen) atoms. The molecule has 0 aliphatic rings. The van der Waals surface area contributed by atoms with E-state index in [1.807, 2.05) is 0 Å². The quantitative estimate of drug-likeness (QED) is 0.636. The van der Waals surface area contributed by atoms with Crippen molar-refractivity contribution in [2.45, 2.75) is 20.0 Å². The highest BCUT2D eigenvalue weighted by Crippen LogP contribution is 2.17. The van der Waals surface area contributed by atoms with E-state index >= 15 is 0 Å². The van der Waals surface area contributed by atoms with E-state index in [1.54, 1.807) is 44.2 Å². The van der Waals surface area contributed by atoms with Crippen LogP contribution in [-0.4, -0.2) is 11.9 Å². The molecule has 4 heteroatoms. The maximum absolute atomic E-state index is 11.4. The fourth-order valence-corrected chi connectivity index (χ4v) is 1.30. The van der Waals surface area contributed by atoms with E-state index in [0.29, 0.717) is 5.56 Å². The molecule has 1 atom stereocenters. The third-order valence-corrected chi connectivity index (χ3v) is 2.00. The SMILES string of the molecule is CC(C)=CC(=O)OC(C(N)=O)c1ccccc1. The second kappa shape index (κ2) is 5.84. The first-order valence-electron chi connectivity index (χ1n) is 5.20. The van der Waals surface area contributed by atoms with E-state index in [0.717, 1.165) is 5.57 Å². The molecule has 0 saturated heterocycles. The number of hydrogen-bond acceptors (Lipinski definition) is 3. The second-order valence-corrected chi connectivity index (χ2v) is 3.85. The predicted molar refractivity (Wildman–Crippen MR) is 63.9 cm³/mol. The number of primary amides is 1. The van der Waals surface area contributed by atoms with Gasteiger partial charge in [-0.1, -0.05) is 35.9 Å². The van der Waals surface area contributed by atoms with Crippen LogP contribution < -0.4 is 5.73 Å². The number of carbonyl (C=O) groups excluding carboxylic acids is 2. The fraction of sp³-hybridized carbons (Fsp3) is 0.231. The highest BCUT2D eigenvalue weighted by molar-refractivity contribution is 5.87. The number of allylic oxidation sites excluding steroid dienone is 1. The molecule has 0 aliphatic heterocycles. The monoisotopic (exact) mass is 233 g/mol. The summed E-state index contributed by atoms with van der Waals surface area (Å²) >= 11 is 0. The van der Waals surface area contributed by atoms with Crippen molar-refractivity contribution in [1.82, 2.24) is 0 Å². The Morgan fingerprint density at radius 3 is 2.29 bits per heavy atom. The summed E-state index contributed by atoms with van der Waals surface area (Å²) in [6.07, 6.45) is 0.276. The van der Waals surface area contributed by atoms with Gasteiger partial charge in [-0.05, 0) is 13.8 Å². The lowest BCUT2D eigenvalue weighted by Crippen LogP contribution is -2.25. The summed E-state index contributed by atoms with van der Waals surface area (Å²) in [5, 5.41) is 0. The second-order valence-electron chi connectivity index (χ2n) is 3.85. The molecule has 2 N–H and O–H groups in total. The summed E-state index contributed by atoms with van der Waals surface area (Å²) in [5.74, 6) is -1.26. The number of carbonyl (C=O) groups is 2. The van der Waals surface area contributed by atoms with Crippen molar-refractivity contribution in [2.24, 2.45) is 5.73 Å². The normalized spacial score (nSPS) is 11.4. The van der Waals surface area contributed by atoms with Crippen LogP contribution in [0.25, 0.3) is 0 Å². The first-order chi connectivity index (χ1) is 8.00. The lowest BCUT2D eigenvalue weighted by molar-refractivity contribution is -0.150. The Morgan fingerprint density at radius 1 is 1.24 bits per heavy atom. The summed E-state index contributed by atoms with van der Waals surface area (Å²) in [4.78, 5) is 22.7. The predicted octanol–water partition coefficient (Wildman–Crippen LogP) is 1.72. The minimum Gasteiger partial charge on any atom is -0.444 e. The zero-order valence-electron chi connectivity index (χ0n) is 9.84. The minimum absolute atomic E-state index is 0.565. The van der Waals surface area contributed by atoms with Crippen LogP contribution in [0, 0.1) is 0 Å². The molecule has 0 saturated carbocycles. The molecule has 0 heterocycles. The van der Waals surface area contributed by atoms with Crippen molar-refractivity contribution in [3.8, 4) is 0 Å². The number of benzene rings is 1. The molecule has 1 amide bonds. The van der Waals surface area contributed by atoms with E-state index < -0.39 is 18.0 Å². The van der Waals surface area contributed by atoms with Gasteiger partial charge >= 0.3 is 5.97 Å². The summed E-state index contributed by atoms with van der Waals surface area (Å²) in [7, 11) is 0. The number of nitrogens with two attached hydrogens (primary N) is 1. The number of hydrogen-bond donors (Lipinski definition) is 1. The van der Waals surface area contributed by atoms with Gasteiger partial charge in [0.15, 0.2) is 0 Å². The smallest absolute Gasteiger partial charge is 0.331 e. The molecule has 1 aromatic carbocycles. The van der Waals surface area contributed by atoms with E-state index in [9.17, 15) is 9.59 Å². The van der Waals surface area contributed by atoms with Gasteiger partial charge < -0.3 is 10.5 Å². The van der Waals surface area contributed by atoms with E-state index in [4.69, 9.17) is 10.5 Å². The largest absolute Gasteiger partial charge is 0.444 e. The van der Waals surface area contributed by atoms with Gasteiger partial charge in [-0.3, -0.25) is 4.79 Å². The Morgan fingerprint density at radius 2 is 1.82 bits per heavy atom. The van der Waals surface area contributed by atoms with E-state index in [2.05, 4.69) is 0 Å². The van der Waals surface area contributed by atoms with Gasteiger partial charge in [-0.2, -0.15) is 0 Å². The van der Waals surface area contributed by atoms with Crippen molar-refractivity contribution in [3.05, 3.63) is 47.5 Å². The van der Waals surface area contributed by atoms with Gasteiger partial charge in [0.25, 0.3) is 5.91 Å². The molecule has 0 aromatic heterocycles. The van der Waals surface area contributed by atoms with Gasteiger partial charge in [0.2, 0.25) is 6.10 Å². The van der Waals surface area contributed by atoms with Crippen LogP contribution in [-0.2, 0) is 14.3 Å². The Labute approximate surface area is 100 Å². The molecule has 1 unspecified atom stereocenters. The molecular formula is C13H15NO3. The van der Waals surface area contributed by atoms with Crippen molar-refractivity contribution < 1.29 is 14.3 Å². The average Bonchev–Trinajstić information content (AvgIpc) is 2.25. The van der Waals surface area contributed by atoms with Gasteiger partial charge in [-0.25, -0.2) is 4.79 Å². The zero-order chi connectivity index (χ0) is 12.8. The maximum atomic E-state index is 11.4. The molecule has 1 aromatic rings. The first-order valence-corrected chi connectivity index (χ1v) is 5.20. The van der Waals surface area contributed by atoms with E-state index in [1.165, 1.54) is 6.08 Å². The van der Waals surface area contributed by atoms with Gasteiger partial charge in [-0.15, -0.1) is 0 Å². The molecular weight excluding hydrogens is 218 g/mol. The van der Waals surface area contributed by atoms with Crippen molar-refractivity contribution >= 4 is 11.9 Å². The van der Waals surface area contributed by atoms with Crippen LogP contribution in [0.3, 0.4) is 0 Å². The summed E-state index contributed by atoms with van der Waals surface area (Å²) in [6, 6.07) is 8.68. The summed E-state index contributed by atoms with van der Waals surface area (Å²) in [6.45, 7) is 3.53. The number of rotatable bonds is 4. The Bertz CT molecular complexity index is 433. The van der Waals surface area contributed by atoms with Crippen LogP contribution in [0.2, 0.25) is 0 Å². The highest BCUT2D eigenvalue weighted by atomic mass is 16.5. The summed E-state index contributed by atoms with van der Waals surface area (Å²) in [5.41, 5.74) is 6.57. The number of esters is 1. The molecule has 90 valence electrons. The lowest BCUT2D eigenvalue weighted by atomic mass is 10.1. The first kappa shape index (κ1) is 13.0. The highest BCUT2D eigenvalue weighted by Gasteiger charge is 2.21. The topological polar surface area (TPSA) is 69.4 Å². The van der Waals surface area contributed by atoms with Crippen molar-refractivity contribution in [1.29, 1.82) is 0 Å². The van der Waals surface area contributed by atoms with E-state index in [-0.39, 0.29) is 0 Å². The zero-order valence-corrected chi connectivity index (χ0v) is 9.84. The maximum Gasteiger partial charge on any atom is 0.331 e. The van der Waals surface area contributed by atoms with Crippen LogP contribution in [0.5, 0.6) is 0 Å². The van der Waals surface area contributed by atoms with Gasteiger partial charge in [0.1, 0.15) is 0 Å². The van der Waals surface area contributed by atoms with Gasteiger partial charge in [0, 0.05) is 11.6 Å². The van der Waals surface area contributed by atoms with Crippen LogP contribution in [0.4, 0.5) is 0 Å². The third kappa shape index (κ3) is 4.10. The third-order valence-electron chi connectivity index (χ3n) is 2.00. The number of ether oxygens (including phenoxy) is 1. The van der Waals surface area contributed by atoms with Crippen LogP contribution >= 0.6 is 0 Å². The molecule has 1 rings (SSSR count). The number of amides is 1. The molecule has 0 fully saturated rings. The fourth-order valence-electron chi connectivity index (χ4n) is 1.30. The summed E-state index contributed by atoms with van der Waals surface area (Å²) < 4.78 is 5.02. The Kier molecular flexibility index (Phi) is 4.46. The average molecular weight is 233 g/mol. The molecule has 0 spiro atoms. The Hall–Kier alpha value is -2.10. The standard InChI is InChI=1S/C13H15NO3/c1-9(2)8-11(15)17-12(13(14)16)10-6-4-3-5-7-10/h3-8,12H,1-2H3,(H2,14,16). The molecule has 4 nitrogen and oxygen atoms in total. The van der Waals surface area contributed by atoms with Crippen LogP contribution in [0.1, 0.15) is 25.5 Å². The minimum atomic E-state index is -1.04. The van der Waals surface area contributed by atoms with Crippen LogP contribution in [0.15, 0.2) is 42.0 Å². The van der Waals surface area contributed by atoms with Crippen molar-refractivity contribution in [3.63, 3.8) is 0 Å².